The highest BCUT2D eigenvalue weighted by Gasteiger charge is 2.29. The molecule has 0 bridgehead atoms. The Balaban J connectivity index is 2.16. The van der Waals surface area contributed by atoms with Crippen molar-refractivity contribution in [2.75, 3.05) is 38.6 Å². The van der Waals surface area contributed by atoms with Crippen LogP contribution in [0.15, 0.2) is 28.7 Å². The van der Waals surface area contributed by atoms with Gasteiger partial charge in [-0.2, -0.15) is 0 Å². The van der Waals surface area contributed by atoms with Crippen LogP contribution in [0.2, 0.25) is 0 Å². The molecule has 0 radical (unpaired) electrons. The Hall–Kier alpha value is -0.910. The number of likely N-dealkylation sites (N-methyl/N-ethyl adjacent to an activating group) is 1. The number of carbonyl (C=O) groups excluding carboxylic acids is 1. The molecule has 1 N–H and O–H groups in total. The van der Waals surface area contributed by atoms with Crippen molar-refractivity contribution in [3.8, 4) is 0 Å². The number of nitrogens with one attached hydrogen (secondary N) is 1. The van der Waals surface area contributed by atoms with Crippen LogP contribution in [0.3, 0.4) is 0 Å². The molecule has 98 valence electrons. The van der Waals surface area contributed by atoms with Crippen LogP contribution in [0.4, 0.5) is 5.69 Å². The summed E-state index contributed by atoms with van der Waals surface area (Å²) in [4.78, 5) is 16.3. The second-order valence-electron chi connectivity index (χ2n) is 4.74. The lowest BCUT2D eigenvalue weighted by atomic mass is 10.1. The van der Waals surface area contributed by atoms with Gasteiger partial charge in [0.05, 0.1) is 0 Å². The van der Waals surface area contributed by atoms with E-state index in [0.717, 1.165) is 29.8 Å². The molecular formula is C13H18BrN3O. The third-order valence-corrected chi connectivity index (χ3v) is 3.45. The topological polar surface area (TPSA) is 35.6 Å². The van der Waals surface area contributed by atoms with Gasteiger partial charge >= 0.3 is 0 Å². The SMILES string of the molecule is CN(C)CC1NCCN(c2cccc(Br)c2)C1=O. The molecule has 0 aliphatic carbocycles. The molecule has 5 heteroatoms. The summed E-state index contributed by atoms with van der Waals surface area (Å²) in [5.74, 6) is 0.146. The van der Waals surface area contributed by atoms with Crippen molar-refractivity contribution in [3.63, 3.8) is 0 Å². The zero-order valence-electron chi connectivity index (χ0n) is 10.7. The van der Waals surface area contributed by atoms with Gasteiger partial charge in [0.25, 0.3) is 0 Å². The maximum absolute atomic E-state index is 12.4. The fraction of sp³-hybridized carbons (Fsp3) is 0.462. The van der Waals surface area contributed by atoms with Crippen LogP contribution < -0.4 is 10.2 Å². The Morgan fingerprint density at radius 2 is 2.28 bits per heavy atom. The largest absolute Gasteiger partial charge is 0.310 e. The molecule has 4 nitrogen and oxygen atoms in total. The number of anilines is 1. The third-order valence-electron chi connectivity index (χ3n) is 2.96. The lowest BCUT2D eigenvalue weighted by Crippen LogP contribution is -2.58. The number of carbonyl (C=O) groups is 1. The molecule has 1 heterocycles. The van der Waals surface area contributed by atoms with Crippen LogP contribution in [0.25, 0.3) is 0 Å². The van der Waals surface area contributed by atoms with Crippen molar-refractivity contribution in [2.45, 2.75) is 6.04 Å². The fourth-order valence-electron chi connectivity index (χ4n) is 2.14. The van der Waals surface area contributed by atoms with Crippen LogP contribution in [0.1, 0.15) is 0 Å². The monoisotopic (exact) mass is 311 g/mol. The van der Waals surface area contributed by atoms with Gasteiger partial charge in [0.15, 0.2) is 0 Å². The summed E-state index contributed by atoms with van der Waals surface area (Å²) in [5.41, 5.74) is 0.958. The van der Waals surface area contributed by atoms with Gasteiger partial charge in [0.2, 0.25) is 5.91 Å². The molecule has 1 aromatic rings. The van der Waals surface area contributed by atoms with Crippen molar-refractivity contribution in [1.29, 1.82) is 0 Å². The Morgan fingerprint density at radius 3 is 2.94 bits per heavy atom. The highest BCUT2D eigenvalue weighted by molar-refractivity contribution is 9.10. The van der Waals surface area contributed by atoms with Crippen molar-refractivity contribution in [2.24, 2.45) is 0 Å². The van der Waals surface area contributed by atoms with Crippen molar-refractivity contribution < 1.29 is 4.79 Å². The van der Waals surface area contributed by atoms with Crippen LogP contribution >= 0.6 is 15.9 Å². The van der Waals surface area contributed by atoms with Gasteiger partial charge in [0.1, 0.15) is 6.04 Å². The minimum absolute atomic E-state index is 0.118. The number of benzene rings is 1. The molecule has 1 unspecified atom stereocenters. The fourth-order valence-corrected chi connectivity index (χ4v) is 2.53. The number of amides is 1. The van der Waals surface area contributed by atoms with E-state index in [-0.39, 0.29) is 11.9 Å². The highest BCUT2D eigenvalue weighted by Crippen LogP contribution is 2.21. The molecule has 1 aliphatic rings. The molecule has 1 saturated heterocycles. The second kappa shape index (κ2) is 5.82. The van der Waals surface area contributed by atoms with Crippen molar-refractivity contribution >= 4 is 27.5 Å². The number of rotatable bonds is 3. The summed E-state index contributed by atoms with van der Waals surface area (Å²) in [5, 5.41) is 3.27. The quantitative estimate of drug-likeness (QED) is 0.914. The van der Waals surface area contributed by atoms with Crippen LogP contribution in [0.5, 0.6) is 0 Å². The molecule has 2 rings (SSSR count). The van der Waals surface area contributed by atoms with E-state index in [1.165, 1.54) is 0 Å². The summed E-state index contributed by atoms with van der Waals surface area (Å²) in [6, 6.07) is 7.76. The van der Waals surface area contributed by atoms with E-state index in [1.54, 1.807) is 0 Å². The normalized spacial score (nSPS) is 20.6. The summed E-state index contributed by atoms with van der Waals surface area (Å²) in [7, 11) is 3.96. The van der Waals surface area contributed by atoms with Crippen LogP contribution in [0, 0.1) is 0 Å². The van der Waals surface area contributed by atoms with Gasteiger partial charge in [-0.1, -0.05) is 22.0 Å². The van der Waals surface area contributed by atoms with Crippen molar-refractivity contribution in [1.82, 2.24) is 10.2 Å². The number of piperazine rings is 1. The van der Waals surface area contributed by atoms with E-state index in [2.05, 4.69) is 21.2 Å². The summed E-state index contributed by atoms with van der Waals surface area (Å²) < 4.78 is 0.996. The van der Waals surface area contributed by atoms with Gasteiger partial charge in [0, 0.05) is 29.8 Å². The summed E-state index contributed by atoms with van der Waals surface area (Å²) in [6.07, 6.45) is 0. The Morgan fingerprint density at radius 1 is 1.50 bits per heavy atom. The van der Waals surface area contributed by atoms with Gasteiger partial charge in [-0.3, -0.25) is 4.79 Å². The van der Waals surface area contributed by atoms with Crippen LogP contribution in [-0.2, 0) is 4.79 Å². The molecule has 0 spiro atoms. The maximum atomic E-state index is 12.4. The molecule has 1 amide bonds. The standard InChI is InChI=1S/C13H18BrN3O/c1-16(2)9-12-13(18)17(7-6-15-12)11-5-3-4-10(14)8-11/h3-5,8,12,15H,6-7,9H2,1-2H3. The number of halogens is 1. The van der Waals surface area contributed by atoms with Gasteiger partial charge in [-0.05, 0) is 32.3 Å². The first-order valence-electron chi connectivity index (χ1n) is 6.03. The molecular weight excluding hydrogens is 294 g/mol. The van der Waals surface area contributed by atoms with Crippen molar-refractivity contribution in [3.05, 3.63) is 28.7 Å². The maximum Gasteiger partial charge on any atom is 0.245 e. The second-order valence-corrected chi connectivity index (χ2v) is 5.65. The zero-order valence-corrected chi connectivity index (χ0v) is 12.3. The number of nitrogens with zero attached hydrogens (tertiary/aromatic N) is 2. The van der Waals surface area contributed by atoms with E-state index in [9.17, 15) is 4.79 Å². The van der Waals surface area contributed by atoms with Gasteiger partial charge < -0.3 is 15.1 Å². The van der Waals surface area contributed by atoms with E-state index in [0.29, 0.717) is 0 Å². The van der Waals surface area contributed by atoms with E-state index in [4.69, 9.17) is 0 Å². The van der Waals surface area contributed by atoms with Gasteiger partial charge in [-0.25, -0.2) is 0 Å². The first kappa shape index (κ1) is 13.5. The first-order chi connectivity index (χ1) is 8.58. The van der Waals surface area contributed by atoms with Crippen LogP contribution in [-0.4, -0.2) is 50.6 Å². The molecule has 18 heavy (non-hydrogen) atoms. The smallest absolute Gasteiger partial charge is 0.245 e. The molecule has 1 fully saturated rings. The average molecular weight is 312 g/mol. The third kappa shape index (κ3) is 3.10. The Bertz CT molecular complexity index is 436. The first-order valence-corrected chi connectivity index (χ1v) is 6.82. The highest BCUT2D eigenvalue weighted by atomic mass is 79.9. The number of hydrogen-bond donors (Lipinski definition) is 1. The predicted octanol–water partition coefficient (Wildman–Crippen LogP) is 1.32. The Labute approximate surface area is 116 Å². The Kier molecular flexibility index (Phi) is 4.37. The average Bonchev–Trinajstić information content (AvgIpc) is 2.31. The van der Waals surface area contributed by atoms with E-state index >= 15 is 0 Å². The summed E-state index contributed by atoms with van der Waals surface area (Å²) in [6.45, 7) is 2.28. The predicted molar refractivity (Wildman–Crippen MR) is 76.8 cm³/mol. The lowest BCUT2D eigenvalue weighted by molar-refractivity contribution is -0.121. The molecule has 0 aromatic heterocycles. The van der Waals surface area contributed by atoms with E-state index in [1.807, 2.05) is 48.2 Å². The lowest BCUT2D eigenvalue weighted by Gasteiger charge is -2.34. The molecule has 1 aromatic carbocycles. The minimum Gasteiger partial charge on any atom is -0.310 e. The van der Waals surface area contributed by atoms with Gasteiger partial charge in [-0.15, -0.1) is 0 Å². The minimum atomic E-state index is -0.118. The molecule has 1 atom stereocenters. The summed E-state index contributed by atoms with van der Waals surface area (Å²) >= 11 is 3.44. The van der Waals surface area contributed by atoms with E-state index < -0.39 is 0 Å². The molecule has 0 saturated carbocycles. The molecule has 1 aliphatic heterocycles. The number of hydrogen-bond acceptors (Lipinski definition) is 3. The zero-order chi connectivity index (χ0) is 13.1.